The van der Waals surface area contributed by atoms with Gasteiger partial charge in [-0.1, -0.05) is 25.6 Å². The second-order valence-electron chi connectivity index (χ2n) is 3.88. The van der Waals surface area contributed by atoms with Gasteiger partial charge in [-0.2, -0.15) is 0 Å². The van der Waals surface area contributed by atoms with Crippen LogP contribution in [0.15, 0.2) is 36.4 Å². The molecule has 1 aromatic carbocycles. The van der Waals surface area contributed by atoms with E-state index in [2.05, 4.69) is 6.58 Å². The molecule has 0 fully saturated rings. The van der Waals surface area contributed by atoms with Crippen LogP contribution in [-0.4, -0.2) is 16.9 Å². The monoisotopic (exact) mass is 236 g/mol. The molecule has 0 saturated heterocycles. The number of carbonyl (C=O) groups excluding carboxylic acids is 1. The number of carboxylic acid groups (broad SMARTS) is 1. The first-order chi connectivity index (χ1) is 7.91. The molecule has 0 radical (unpaired) electrons. The molecule has 3 nitrogen and oxygen atoms in total. The third-order valence-corrected chi connectivity index (χ3v) is 2.46. The summed E-state index contributed by atoms with van der Waals surface area (Å²) in [6.07, 6.45) is 0.366. The van der Waals surface area contributed by atoms with Gasteiger partial charge in [0.15, 0.2) is 5.78 Å². The molecular formula is C13H13FO3. The molecule has 0 saturated carbocycles. The summed E-state index contributed by atoms with van der Waals surface area (Å²) in [5.41, 5.74) is 0.366. The molecule has 0 aliphatic heterocycles. The van der Waals surface area contributed by atoms with Crippen molar-refractivity contribution in [3.05, 3.63) is 47.8 Å². The van der Waals surface area contributed by atoms with Crippen molar-refractivity contribution in [2.45, 2.75) is 13.3 Å². The smallest absolute Gasteiger partial charge is 0.338 e. The van der Waals surface area contributed by atoms with Crippen LogP contribution in [0.2, 0.25) is 0 Å². The van der Waals surface area contributed by atoms with Crippen LogP contribution < -0.4 is 0 Å². The van der Waals surface area contributed by atoms with Crippen LogP contribution in [0.4, 0.5) is 4.39 Å². The zero-order chi connectivity index (χ0) is 13.0. The number of carboxylic acids is 1. The fourth-order valence-corrected chi connectivity index (χ4v) is 1.47. The second-order valence-corrected chi connectivity index (χ2v) is 3.88. The first kappa shape index (κ1) is 13.1. The van der Waals surface area contributed by atoms with Crippen molar-refractivity contribution >= 4 is 11.8 Å². The van der Waals surface area contributed by atoms with Crippen molar-refractivity contribution in [3.63, 3.8) is 0 Å². The van der Waals surface area contributed by atoms with E-state index in [1.807, 2.05) is 0 Å². The minimum absolute atomic E-state index is 0.345. The van der Waals surface area contributed by atoms with Gasteiger partial charge in [0, 0.05) is 5.92 Å². The van der Waals surface area contributed by atoms with Crippen molar-refractivity contribution in [2.75, 3.05) is 0 Å². The Hall–Kier alpha value is -1.97. The van der Waals surface area contributed by atoms with E-state index in [4.69, 9.17) is 5.11 Å². The fraction of sp³-hybridized carbons (Fsp3) is 0.231. The number of carbonyl (C=O) groups is 2. The summed E-state index contributed by atoms with van der Waals surface area (Å²) in [6.45, 7) is 4.85. The van der Waals surface area contributed by atoms with Crippen LogP contribution in [0.1, 0.15) is 12.5 Å². The van der Waals surface area contributed by atoms with Crippen molar-refractivity contribution in [1.29, 1.82) is 0 Å². The number of hydrogen-bond donors (Lipinski definition) is 1. The topological polar surface area (TPSA) is 54.4 Å². The van der Waals surface area contributed by atoms with Gasteiger partial charge in [0.2, 0.25) is 0 Å². The maximum absolute atomic E-state index is 12.7. The summed E-state index contributed by atoms with van der Waals surface area (Å²) in [7, 11) is 0. The van der Waals surface area contributed by atoms with Crippen LogP contribution in [-0.2, 0) is 16.0 Å². The van der Waals surface area contributed by atoms with E-state index in [9.17, 15) is 14.0 Å². The Morgan fingerprint density at radius 2 is 1.88 bits per heavy atom. The number of benzene rings is 1. The lowest BCUT2D eigenvalue weighted by atomic mass is 9.93. The molecule has 1 atom stereocenters. The number of aliphatic carboxylic acids is 1. The van der Waals surface area contributed by atoms with Crippen LogP contribution in [0, 0.1) is 11.7 Å². The summed E-state index contributed by atoms with van der Waals surface area (Å²) in [4.78, 5) is 22.2. The molecule has 1 N–H and O–H groups in total. The Kier molecular flexibility index (Phi) is 4.15. The van der Waals surface area contributed by atoms with E-state index in [1.54, 1.807) is 19.1 Å². The van der Waals surface area contributed by atoms with Crippen LogP contribution in [0.25, 0.3) is 0 Å². The lowest BCUT2D eigenvalue weighted by molar-refractivity contribution is -0.135. The number of Topliss-reactive ketones (excluding diaryl/α,β-unsaturated/α-hetero) is 1. The molecule has 1 aromatic rings. The zero-order valence-corrected chi connectivity index (χ0v) is 9.44. The second kappa shape index (κ2) is 5.39. The van der Waals surface area contributed by atoms with Gasteiger partial charge in [-0.25, -0.2) is 9.18 Å². The van der Waals surface area contributed by atoms with E-state index in [-0.39, 0.29) is 5.82 Å². The Morgan fingerprint density at radius 3 is 2.35 bits per heavy atom. The van der Waals surface area contributed by atoms with Gasteiger partial charge in [-0.15, -0.1) is 0 Å². The van der Waals surface area contributed by atoms with Gasteiger partial charge in [-0.05, 0) is 24.1 Å². The highest BCUT2D eigenvalue weighted by Crippen LogP contribution is 2.13. The van der Waals surface area contributed by atoms with Crippen molar-refractivity contribution in [3.8, 4) is 0 Å². The average molecular weight is 236 g/mol. The highest BCUT2D eigenvalue weighted by molar-refractivity contribution is 6.16. The standard InChI is InChI=1S/C13H13FO3/c1-8(12(15)9(2)13(16)17)7-10-3-5-11(14)6-4-10/h3-6,8H,2,7H2,1H3,(H,16,17). The van der Waals surface area contributed by atoms with Gasteiger partial charge in [0.25, 0.3) is 0 Å². The third kappa shape index (κ3) is 3.52. The molecule has 17 heavy (non-hydrogen) atoms. The molecule has 90 valence electrons. The molecule has 0 heterocycles. The minimum atomic E-state index is -1.30. The van der Waals surface area contributed by atoms with E-state index < -0.39 is 23.2 Å². The molecule has 0 spiro atoms. The van der Waals surface area contributed by atoms with Gasteiger partial charge in [-0.3, -0.25) is 4.79 Å². The zero-order valence-electron chi connectivity index (χ0n) is 9.44. The van der Waals surface area contributed by atoms with Gasteiger partial charge in [0.1, 0.15) is 5.82 Å². The number of rotatable bonds is 5. The van der Waals surface area contributed by atoms with Gasteiger partial charge >= 0.3 is 5.97 Å². The van der Waals surface area contributed by atoms with Crippen molar-refractivity contribution < 1.29 is 19.1 Å². The lowest BCUT2D eigenvalue weighted by Crippen LogP contribution is -2.20. The maximum Gasteiger partial charge on any atom is 0.338 e. The summed E-state index contributed by atoms with van der Waals surface area (Å²) in [5.74, 6) is -2.63. The van der Waals surface area contributed by atoms with E-state index in [0.29, 0.717) is 6.42 Å². The molecular weight excluding hydrogens is 223 g/mol. The van der Waals surface area contributed by atoms with Crippen molar-refractivity contribution in [1.82, 2.24) is 0 Å². The van der Waals surface area contributed by atoms with E-state index >= 15 is 0 Å². The van der Waals surface area contributed by atoms with Crippen LogP contribution in [0.3, 0.4) is 0 Å². The number of hydrogen-bond acceptors (Lipinski definition) is 2. The van der Waals surface area contributed by atoms with E-state index in [1.165, 1.54) is 12.1 Å². The molecule has 0 aliphatic carbocycles. The Labute approximate surface area is 98.6 Å². The summed E-state index contributed by atoms with van der Waals surface area (Å²) >= 11 is 0. The fourth-order valence-electron chi connectivity index (χ4n) is 1.47. The SMILES string of the molecule is C=C(C(=O)O)C(=O)C(C)Cc1ccc(F)cc1. The summed E-state index contributed by atoms with van der Waals surface area (Å²) in [5, 5.41) is 8.63. The highest BCUT2D eigenvalue weighted by Gasteiger charge is 2.21. The molecule has 1 unspecified atom stereocenters. The molecule has 4 heteroatoms. The minimum Gasteiger partial charge on any atom is -0.478 e. The molecule has 1 rings (SSSR count). The third-order valence-electron chi connectivity index (χ3n) is 2.46. The molecule has 0 aliphatic rings. The summed E-state index contributed by atoms with van der Waals surface area (Å²) in [6, 6.07) is 5.75. The predicted molar refractivity (Wildman–Crippen MR) is 61.1 cm³/mol. The normalized spacial score (nSPS) is 11.9. The average Bonchev–Trinajstić information content (AvgIpc) is 2.30. The Bertz CT molecular complexity index is 448. The first-order valence-corrected chi connectivity index (χ1v) is 5.12. The van der Waals surface area contributed by atoms with E-state index in [0.717, 1.165) is 5.56 Å². The Morgan fingerprint density at radius 1 is 1.35 bits per heavy atom. The summed E-state index contributed by atoms with van der Waals surface area (Å²) < 4.78 is 12.7. The van der Waals surface area contributed by atoms with Crippen LogP contribution >= 0.6 is 0 Å². The number of ketones is 1. The highest BCUT2D eigenvalue weighted by atomic mass is 19.1. The molecule has 0 aromatic heterocycles. The number of halogens is 1. The van der Waals surface area contributed by atoms with Gasteiger partial charge < -0.3 is 5.11 Å². The lowest BCUT2D eigenvalue weighted by Gasteiger charge is -2.10. The molecule has 0 bridgehead atoms. The largest absolute Gasteiger partial charge is 0.478 e. The quantitative estimate of drug-likeness (QED) is 0.484. The van der Waals surface area contributed by atoms with Crippen LogP contribution in [0.5, 0.6) is 0 Å². The predicted octanol–water partition coefficient (Wildman–Crippen LogP) is 2.21. The molecule has 0 amide bonds. The Balaban J connectivity index is 2.69. The first-order valence-electron chi connectivity index (χ1n) is 5.12. The van der Waals surface area contributed by atoms with Gasteiger partial charge in [0.05, 0.1) is 5.57 Å². The maximum atomic E-state index is 12.7. The van der Waals surface area contributed by atoms with Crippen molar-refractivity contribution in [2.24, 2.45) is 5.92 Å².